The highest BCUT2D eigenvalue weighted by molar-refractivity contribution is 7.99. The second-order valence-corrected chi connectivity index (χ2v) is 4.43. The van der Waals surface area contributed by atoms with Gasteiger partial charge >= 0.3 is 5.97 Å². The van der Waals surface area contributed by atoms with Gasteiger partial charge in [0.05, 0.1) is 18.4 Å². The van der Waals surface area contributed by atoms with Gasteiger partial charge in [0, 0.05) is 7.11 Å². The summed E-state index contributed by atoms with van der Waals surface area (Å²) in [6.07, 6.45) is 1.87. The van der Waals surface area contributed by atoms with Crippen molar-refractivity contribution in [2.24, 2.45) is 0 Å². The van der Waals surface area contributed by atoms with Crippen molar-refractivity contribution in [1.29, 1.82) is 0 Å². The molecule has 0 fully saturated rings. The van der Waals surface area contributed by atoms with Gasteiger partial charge < -0.3 is 9.84 Å². The van der Waals surface area contributed by atoms with Crippen molar-refractivity contribution in [2.45, 2.75) is 31.0 Å². The smallest absolute Gasteiger partial charge is 0.313 e. The minimum Gasteiger partial charge on any atom is -0.481 e. The monoisotopic (exact) mass is 260 g/mol. The quantitative estimate of drug-likeness (QED) is 0.692. The minimum absolute atomic E-state index is 0.0494. The van der Waals surface area contributed by atoms with Gasteiger partial charge in [0.25, 0.3) is 0 Å². The first-order valence-corrected chi connectivity index (χ1v) is 6.29. The summed E-state index contributed by atoms with van der Waals surface area (Å²) in [6.45, 7) is 2.58. The Morgan fingerprint density at radius 3 is 3.00 bits per heavy atom. The molecular weight excluding hydrogens is 244 g/mol. The summed E-state index contributed by atoms with van der Waals surface area (Å²) >= 11 is 1.11. The number of ether oxygens (including phenoxy) is 1. The Morgan fingerprint density at radius 2 is 2.41 bits per heavy atom. The number of carboxylic acids is 1. The van der Waals surface area contributed by atoms with Gasteiger partial charge in [-0.3, -0.25) is 4.79 Å². The van der Waals surface area contributed by atoms with Crippen LogP contribution in [0.3, 0.4) is 0 Å². The molecule has 0 aliphatic carbocycles. The molecule has 0 bridgehead atoms. The van der Waals surface area contributed by atoms with Crippen molar-refractivity contribution in [3.63, 3.8) is 0 Å². The summed E-state index contributed by atoms with van der Waals surface area (Å²) in [7, 11) is 1.62. The molecule has 1 aromatic heterocycles. The predicted octanol–water partition coefficient (Wildman–Crippen LogP) is 0.837. The van der Waals surface area contributed by atoms with E-state index in [0.29, 0.717) is 11.8 Å². The molecule has 0 spiro atoms. The zero-order valence-electron chi connectivity index (χ0n) is 9.87. The number of tetrazole rings is 1. The summed E-state index contributed by atoms with van der Waals surface area (Å²) in [5.74, 6) is -0.935. The number of hydrogen-bond donors (Lipinski definition) is 1. The maximum atomic E-state index is 10.5. The van der Waals surface area contributed by atoms with Crippen molar-refractivity contribution < 1.29 is 14.6 Å². The van der Waals surface area contributed by atoms with Crippen LogP contribution in [0.4, 0.5) is 0 Å². The Morgan fingerprint density at radius 1 is 1.65 bits per heavy atom. The molecule has 8 heteroatoms. The molecule has 0 saturated carbocycles. The second kappa shape index (κ2) is 7.23. The van der Waals surface area contributed by atoms with Gasteiger partial charge in [-0.25, -0.2) is 4.68 Å². The van der Waals surface area contributed by atoms with Gasteiger partial charge in [-0.05, 0) is 16.8 Å². The molecule has 96 valence electrons. The van der Waals surface area contributed by atoms with Gasteiger partial charge in [-0.1, -0.05) is 25.1 Å². The predicted molar refractivity (Wildman–Crippen MR) is 62.0 cm³/mol. The number of nitrogens with zero attached hydrogens (tertiary/aromatic N) is 4. The number of rotatable bonds is 8. The Balaban J connectivity index is 2.72. The van der Waals surface area contributed by atoms with Crippen LogP contribution in [0.5, 0.6) is 0 Å². The molecule has 0 amide bonds. The second-order valence-electron chi connectivity index (χ2n) is 3.49. The van der Waals surface area contributed by atoms with Gasteiger partial charge in [-0.2, -0.15) is 0 Å². The first-order chi connectivity index (χ1) is 8.19. The largest absolute Gasteiger partial charge is 0.481 e. The molecule has 7 nitrogen and oxygen atoms in total. The number of carboxylic acid groups (broad SMARTS) is 1. The van der Waals surface area contributed by atoms with E-state index in [1.54, 1.807) is 11.8 Å². The van der Waals surface area contributed by atoms with Crippen LogP contribution in [0.2, 0.25) is 0 Å². The van der Waals surface area contributed by atoms with Crippen LogP contribution < -0.4 is 0 Å². The van der Waals surface area contributed by atoms with E-state index in [1.807, 2.05) is 0 Å². The molecule has 1 rings (SSSR count). The van der Waals surface area contributed by atoms with Crippen LogP contribution in [0.15, 0.2) is 5.16 Å². The molecular formula is C9H16N4O3S. The number of aromatic nitrogens is 4. The molecule has 1 atom stereocenters. The number of aliphatic carboxylic acids is 1. The zero-order valence-corrected chi connectivity index (χ0v) is 10.7. The van der Waals surface area contributed by atoms with Crippen molar-refractivity contribution in [1.82, 2.24) is 20.2 Å². The van der Waals surface area contributed by atoms with Gasteiger partial charge in [0.15, 0.2) is 0 Å². The standard InChI is InChI=1S/C9H16N4O3S/c1-3-4-7(5-16-2)13-9(10-11-12-13)17-6-8(14)15/h7H,3-6H2,1-2H3,(H,14,15). The van der Waals surface area contributed by atoms with Crippen LogP contribution in [0, 0.1) is 0 Å². The zero-order chi connectivity index (χ0) is 12.7. The fourth-order valence-electron chi connectivity index (χ4n) is 1.44. The van der Waals surface area contributed by atoms with Crippen LogP contribution in [-0.4, -0.2) is 50.8 Å². The van der Waals surface area contributed by atoms with Crippen LogP contribution >= 0.6 is 11.8 Å². The fraction of sp³-hybridized carbons (Fsp3) is 0.778. The van der Waals surface area contributed by atoms with E-state index in [0.717, 1.165) is 24.6 Å². The molecule has 0 aliphatic rings. The lowest BCUT2D eigenvalue weighted by Gasteiger charge is -2.15. The third-order valence-electron chi connectivity index (χ3n) is 2.11. The molecule has 0 aromatic carbocycles. The maximum absolute atomic E-state index is 10.5. The maximum Gasteiger partial charge on any atom is 0.313 e. The summed E-state index contributed by atoms with van der Waals surface area (Å²) in [5, 5.41) is 20.4. The molecule has 1 N–H and O–H groups in total. The summed E-state index contributed by atoms with van der Waals surface area (Å²) in [5.41, 5.74) is 0. The molecule has 0 saturated heterocycles. The summed E-state index contributed by atoms with van der Waals surface area (Å²) in [4.78, 5) is 10.5. The Bertz CT molecular complexity index is 352. The van der Waals surface area contributed by atoms with E-state index in [1.165, 1.54) is 0 Å². The first kappa shape index (κ1) is 13.9. The molecule has 0 radical (unpaired) electrons. The van der Waals surface area contributed by atoms with Crippen molar-refractivity contribution in [3.05, 3.63) is 0 Å². The summed E-state index contributed by atoms with van der Waals surface area (Å²) in [6, 6.07) is 0.0521. The average molecular weight is 260 g/mol. The average Bonchev–Trinajstić information content (AvgIpc) is 2.74. The van der Waals surface area contributed by atoms with Crippen LogP contribution in [-0.2, 0) is 9.53 Å². The molecule has 1 aromatic rings. The van der Waals surface area contributed by atoms with Crippen molar-refractivity contribution in [3.8, 4) is 0 Å². The number of carbonyl (C=O) groups is 1. The highest BCUT2D eigenvalue weighted by Gasteiger charge is 2.17. The van der Waals surface area contributed by atoms with Gasteiger partial charge in [0.2, 0.25) is 5.16 Å². The SMILES string of the molecule is CCCC(COC)n1nnnc1SCC(=O)O. The highest BCUT2D eigenvalue weighted by Crippen LogP contribution is 2.20. The van der Waals surface area contributed by atoms with Crippen molar-refractivity contribution in [2.75, 3.05) is 19.5 Å². The first-order valence-electron chi connectivity index (χ1n) is 5.30. The van der Waals surface area contributed by atoms with E-state index in [9.17, 15) is 4.79 Å². The van der Waals surface area contributed by atoms with Gasteiger partial charge in [0.1, 0.15) is 0 Å². The lowest BCUT2D eigenvalue weighted by atomic mass is 10.2. The van der Waals surface area contributed by atoms with Crippen molar-refractivity contribution >= 4 is 17.7 Å². The Hall–Kier alpha value is -1.15. The third-order valence-corrected chi connectivity index (χ3v) is 3.03. The van der Waals surface area contributed by atoms with E-state index in [2.05, 4.69) is 22.4 Å². The Labute approximate surface area is 104 Å². The Kier molecular flexibility index (Phi) is 5.92. The number of hydrogen-bond acceptors (Lipinski definition) is 6. The van der Waals surface area contributed by atoms with Gasteiger partial charge in [-0.15, -0.1) is 5.10 Å². The van der Waals surface area contributed by atoms with E-state index >= 15 is 0 Å². The minimum atomic E-state index is -0.886. The lowest BCUT2D eigenvalue weighted by molar-refractivity contribution is -0.133. The number of methoxy groups -OCH3 is 1. The van der Waals surface area contributed by atoms with Crippen LogP contribution in [0.25, 0.3) is 0 Å². The third kappa shape index (κ3) is 4.31. The topological polar surface area (TPSA) is 90.1 Å². The highest BCUT2D eigenvalue weighted by atomic mass is 32.2. The van der Waals surface area contributed by atoms with E-state index < -0.39 is 5.97 Å². The molecule has 0 aliphatic heterocycles. The summed E-state index contributed by atoms with van der Waals surface area (Å²) < 4.78 is 6.76. The molecule has 1 unspecified atom stereocenters. The van der Waals surface area contributed by atoms with Crippen LogP contribution in [0.1, 0.15) is 25.8 Å². The fourth-order valence-corrected chi connectivity index (χ4v) is 2.10. The van der Waals surface area contributed by atoms with E-state index in [-0.39, 0.29) is 11.8 Å². The molecule has 17 heavy (non-hydrogen) atoms. The van der Waals surface area contributed by atoms with E-state index in [4.69, 9.17) is 9.84 Å². The lowest BCUT2D eigenvalue weighted by Crippen LogP contribution is -2.17. The molecule has 1 heterocycles. The normalized spacial score (nSPS) is 12.6. The number of thioether (sulfide) groups is 1.